The van der Waals surface area contributed by atoms with Gasteiger partial charge in [0.15, 0.2) is 0 Å². The highest BCUT2D eigenvalue weighted by molar-refractivity contribution is 5.92. The molecule has 11 heteroatoms. The van der Waals surface area contributed by atoms with E-state index in [1.54, 1.807) is 58.9 Å². The van der Waals surface area contributed by atoms with E-state index in [2.05, 4.69) is 17.6 Å². The molecule has 2 unspecified atom stereocenters. The summed E-state index contributed by atoms with van der Waals surface area (Å²) in [5.41, 5.74) is 0.835. The number of alkyl carbamates (subject to hydrolysis) is 1. The Morgan fingerprint density at radius 1 is 0.935 bits per heavy atom. The number of nitrogens with zero attached hydrogens (tertiary/aromatic N) is 1. The number of hydrogen-bond donors (Lipinski definition) is 4. The van der Waals surface area contributed by atoms with E-state index in [1.807, 2.05) is 0 Å². The van der Waals surface area contributed by atoms with Crippen molar-refractivity contribution in [3.63, 3.8) is 0 Å². The Balaban J connectivity index is 2.56. The van der Waals surface area contributed by atoms with Gasteiger partial charge in [-0.15, -0.1) is 0 Å². The molecule has 4 N–H and O–H groups in total. The van der Waals surface area contributed by atoms with Crippen molar-refractivity contribution in [1.82, 2.24) is 15.5 Å². The van der Waals surface area contributed by atoms with E-state index >= 15 is 0 Å². The molecule has 2 aromatic rings. The predicted octanol–water partition coefficient (Wildman–Crippen LogP) is 5.45. The Labute approximate surface area is 272 Å². The topological polar surface area (TPSA) is 154 Å². The van der Waals surface area contributed by atoms with Crippen LogP contribution >= 0.6 is 0 Å². The summed E-state index contributed by atoms with van der Waals surface area (Å²) in [5.74, 6) is -1.39. The lowest BCUT2D eigenvalue weighted by Gasteiger charge is -2.35. The van der Waals surface area contributed by atoms with Gasteiger partial charge in [0, 0.05) is 19.5 Å². The highest BCUT2D eigenvalue weighted by Gasteiger charge is 2.36. The third kappa shape index (κ3) is 13.0. The van der Waals surface area contributed by atoms with E-state index < -0.39 is 41.6 Å². The average Bonchev–Trinajstić information content (AvgIpc) is 2.97. The average molecular weight is 642 g/mol. The number of unbranched alkanes of at least 4 members (excludes halogenated alkanes) is 4. The molecule has 0 saturated carbocycles. The van der Waals surface area contributed by atoms with Crippen LogP contribution in [-0.2, 0) is 30.3 Å². The third-order valence-electron chi connectivity index (χ3n) is 7.18. The summed E-state index contributed by atoms with van der Waals surface area (Å²) in [6.07, 6.45) is 3.69. The molecule has 2 atom stereocenters. The molecule has 0 saturated heterocycles. The Morgan fingerprint density at radius 2 is 1.61 bits per heavy atom. The predicted molar refractivity (Wildman–Crippen MR) is 175 cm³/mol. The Kier molecular flexibility index (Phi) is 15.4. The first-order valence-electron chi connectivity index (χ1n) is 16.1. The molecule has 46 heavy (non-hydrogen) atoms. The van der Waals surface area contributed by atoms with Crippen molar-refractivity contribution < 1.29 is 38.9 Å². The normalized spacial score (nSPS) is 12.5. The van der Waals surface area contributed by atoms with Gasteiger partial charge >= 0.3 is 12.1 Å². The summed E-state index contributed by atoms with van der Waals surface area (Å²) in [4.78, 5) is 54.9. The maximum Gasteiger partial charge on any atom is 0.408 e. The van der Waals surface area contributed by atoms with Crippen LogP contribution in [0.3, 0.4) is 0 Å². The summed E-state index contributed by atoms with van der Waals surface area (Å²) in [5, 5.41) is 25.5. The van der Waals surface area contributed by atoms with Crippen LogP contribution in [0, 0.1) is 6.92 Å². The van der Waals surface area contributed by atoms with Crippen molar-refractivity contribution in [2.45, 2.75) is 104 Å². The van der Waals surface area contributed by atoms with Gasteiger partial charge in [-0.2, -0.15) is 0 Å². The molecule has 3 amide bonds. The molecule has 0 aromatic heterocycles. The number of benzene rings is 2. The molecule has 0 aliphatic heterocycles. The Bertz CT molecular complexity index is 1290. The van der Waals surface area contributed by atoms with Crippen molar-refractivity contribution in [3.05, 3.63) is 59.2 Å². The first-order chi connectivity index (χ1) is 21.7. The van der Waals surface area contributed by atoms with Crippen LogP contribution < -0.4 is 10.6 Å². The summed E-state index contributed by atoms with van der Waals surface area (Å²) < 4.78 is 10.5. The highest BCUT2D eigenvalue weighted by Crippen LogP contribution is 2.28. The number of amides is 3. The van der Waals surface area contributed by atoms with Crippen LogP contribution in [0.4, 0.5) is 4.79 Å². The SMILES string of the molecule is CCCCCCCN(C(=O)C(Cc1ccc(O)cc1)NC(=O)OC(C)(C)C)C(C(=O)NCCC(=O)OCC)c1ccc(O)c(C)c1. The van der Waals surface area contributed by atoms with Gasteiger partial charge in [-0.1, -0.05) is 50.8 Å². The van der Waals surface area contributed by atoms with Gasteiger partial charge in [0.05, 0.1) is 13.0 Å². The molecular formula is C35H51N3O8. The van der Waals surface area contributed by atoms with Crippen molar-refractivity contribution in [3.8, 4) is 11.5 Å². The molecule has 2 rings (SSSR count). The Morgan fingerprint density at radius 3 is 2.22 bits per heavy atom. The zero-order chi connectivity index (χ0) is 34.3. The first-order valence-corrected chi connectivity index (χ1v) is 16.1. The second kappa shape index (κ2) is 18.6. The minimum atomic E-state index is -1.14. The standard InChI is InChI=1S/C35H51N3O8/c1-7-9-10-11-12-21-38(31(26-15-18-29(40)24(3)22-26)32(42)36-20-19-30(41)45-8-2)33(43)28(37-34(44)46-35(4,5)6)23-25-13-16-27(39)17-14-25/h13-18,22,28,31,39-40H,7-12,19-21,23H2,1-6H3,(H,36,42)(H,37,44). The summed E-state index contributed by atoms with van der Waals surface area (Å²) in [6, 6.07) is 8.76. The second-order valence-corrected chi connectivity index (χ2v) is 12.3. The first kappa shape index (κ1) is 37.9. The van der Waals surface area contributed by atoms with Crippen LogP contribution in [-0.4, -0.2) is 70.3 Å². The fraction of sp³-hybridized carbons (Fsp3) is 0.543. The van der Waals surface area contributed by atoms with Crippen molar-refractivity contribution in [2.24, 2.45) is 0 Å². The number of phenols is 2. The van der Waals surface area contributed by atoms with Gasteiger partial charge in [-0.05, 0) is 82.0 Å². The van der Waals surface area contributed by atoms with E-state index in [-0.39, 0.29) is 44.0 Å². The third-order valence-corrected chi connectivity index (χ3v) is 7.18. The number of rotatable bonds is 17. The van der Waals surface area contributed by atoms with E-state index in [9.17, 15) is 29.4 Å². The number of phenolic OH excluding ortho intramolecular Hbond substituents is 2. The largest absolute Gasteiger partial charge is 0.508 e. The van der Waals surface area contributed by atoms with Gasteiger partial charge in [0.1, 0.15) is 29.2 Å². The van der Waals surface area contributed by atoms with Crippen LogP contribution in [0.15, 0.2) is 42.5 Å². The fourth-order valence-corrected chi connectivity index (χ4v) is 4.91. The van der Waals surface area contributed by atoms with Gasteiger partial charge in [0.2, 0.25) is 11.8 Å². The lowest BCUT2D eigenvalue weighted by Crippen LogP contribution is -2.54. The molecule has 11 nitrogen and oxygen atoms in total. The van der Waals surface area contributed by atoms with Crippen LogP contribution in [0.5, 0.6) is 11.5 Å². The van der Waals surface area contributed by atoms with Crippen molar-refractivity contribution in [1.29, 1.82) is 0 Å². The monoisotopic (exact) mass is 641 g/mol. The molecule has 0 heterocycles. The maximum atomic E-state index is 14.6. The maximum absolute atomic E-state index is 14.6. The number of hydrogen-bond acceptors (Lipinski definition) is 8. The smallest absolute Gasteiger partial charge is 0.408 e. The lowest BCUT2D eigenvalue weighted by molar-refractivity contribution is -0.144. The van der Waals surface area contributed by atoms with E-state index in [1.165, 1.54) is 23.1 Å². The molecule has 0 radical (unpaired) electrons. The van der Waals surface area contributed by atoms with Crippen LogP contribution in [0.25, 0.3) is 0 Å². The molecule has 0 aliphatic rings. The summed E-state index contributed by atoms with van der Waals surface area (Å²) >= 11 is 0. The summed E-state index contributed by atoms with van der Waals surface area (Å²) in [7, 11) is 0. The molecule has 254 valence electrons. The number of nitrogens with one attached hydrogen (secondary N) is 2. The van der Waals surface area contributed by atoms with Crippen LogP contribution in [0.2, 0.25) is 0 Å². The lowest BCUT2D eigenvalue weighted by atomic mass is 9.98. The number of ether oxygens (including phenoxy) is 2. The zero-order valence-corrected chi connectivity index (χ0v) is 28.1. The number of esters is 1. The van der Waals surface area contributed by atoms with Gasteiger partial charge in [-0.25, -0.2) is 4.79 Å². The Hall–Kier alpha value is -4.28. The van der Waals surface area contributed by atoms with Gasteiger partial charge < -0.3 is 35.2 Å². The van der Waals surface area contributed by atoms with Gasteiger partial charge in [0.25, 0.3) is 0 Å². The molecular weight excluding hydrogens is 590 g/mol. The zero-order valence-electron chi connectivity index (χ0n) is 28.1. The quantitative estimate of drug-likeness (QED) is 0.131. The number of carbonyl (C=O) groups is 4. The summed E-state index contributed by atoms with van der Waals surface area (Å²) in [6.45, 7) is 11.1. The molecule has 0 fully saturated rings. The van der Waals surface area contributed by atoms with Gasteiger partial charge in [-0.3, -0.25) is 14.4 Å². The molecule has 2 aromatic carbocycles. The fourth-order valence-electron chi connectivity index (χ4n) is 4.91. The van der Waals surface area contributed by atoms with Crippen molar-refractivity contribution in [2.75, 3.05) is 19.7 Å². The minimum Gasteiger partial charge on any atom is -0.508 e. The number of carbonyl (C=O) groups excluding carboxylic acids is 4. The second-order valence-electron chi connectivity index (χ2n) is 12.3. The molecule has 0 aliphatic carbocycles. The van der Waals surface area contributed by atoms with E-state index in [4.69, 9.17) is 9.47 Å². The van der Waals surface area contributed by atoms with Crippen LogP contribution in [0.1, 0.15) is 95.9 Å². The number of aryl methyl sites for hydroxylation is 1. The minimum absolute atomic E-state index is 0.00312. The molecule has 0 spiro atoms. The van der Waals surface area contributed by atoms with Crippen molar-refractivity contribution >= 4 is 23.9 Å². The highest BCUT2D eigenvalue weighted by atomic mass is 16.6. The molecule has 0 bridgehead atoms. The van der Waals surface area contributed by atoms with E-state index in [0.29, 0.717) is 23.1 Å². The number of aromatic hydroxyl groups is 2. The van der Waals surface area contributed by atoms with E-state index in [0.717, 1.165) is 25.7 Å².